The lowest BCUT2D eigenvalue weighted by Gasteiger charge is -2.47. The number of fused-ring (bicyclic) bond motifs is 2. The monoisotopic (exact) mass is 910 g/mol. The molecule has 0 radical (unpaired) electrons. The van der Waals surface area contributed by atoms with Crippen LogP contribution in [0.4, 0.5) is 14.7 Å². The molecule has 2 aromatic carbocycles. The van der Waals surface area contributed by atoms with Crippen LogP contribution in [0.1, 0.15) is 113 Å². The molecule has 1 saturated carbocycles. The van der Waals surface area contributed by atoms with E-state index >= 15 is 8.78 Å². The molecule has 13 nitrogen and oxygen atoms in total. The number of hydrogen-bond donors (Lipinski definition) is 2. The number of likely N-dealkylation sites (N-methyl/N-ethyl adjacent to an activating group) is 1. The highest BCUT2D eigenvalue weighted by Gasteiger charge is 2.37. The van der Waals surface area contributed by atoms with Crippen LogP contribution in [0.25, 0.3) is 33.2 Å². The van der Waals surface area contributed by atoms with Gasteiger partial charge >= 0.3 is 0 Å². The Morgan fingerprint density at radius 2 is 1.69 bits per heavy atom. The predicted molar refractivity (Wildman–Crippen MR) is 254 cm³/mol. The molecule has 348 valence electrons. The summed E-state index contributed by atoms with van der Waals surface area (Å²) in [6.07, 6.45) is 12.1. The van der Waals surface area contributed by atoms with Crippen LogP contribution < -0.4 is 10.6 Å². The van der Waals surface area contributed by atoms with Crippen molar-refractivity contribution in [3.8, 4) is 11.3 Å². The van der Waals surface area contributed by atoms with E-state index in [1.54, 1.807) is 13.1 Å². The maximum atomic E-state index is 15.2. The van der Waals surface area contributed by atoms with Crippen molar-refractivity contribution >= 4 is 52.0 Å². The molecular formula is C49H65F2N11O2S. The number of nitrogens with zero attached hydrogens (tertiary/aromatic N) is 9. The van der Waals surface area contributed by atoms with Gasteiger partial charge in [-0.05, 0) is 140 Å². The molecule has 65 heavy (non-hydrogen) atoms. The second-order valence-corrected chi connectivity index (χ2v) is 20.7. The van der Waals surface area contributed by atoms with Gasteiger partial charge in [0.25, 0.3) is 0 Å². The molecule has 3 aromatic heterocycles. The van der Waals surface area contributed by atoms with Crippen molar-refractivity contribution in [1.29, 1.82) is 0 Å². The average molecular weight is 910 g/mol. The van der Waals surface area contributed by atoms with Crippen LogP contribution in [0, 0.1) is 24.5 Å². The molecule has 1 atom stereocenters. The topological polar surface area (TPSA) is 129 Å². The zero-order valence-corrected chi connectivity index (χ0v) is 39.4. The molecule has 4 aliphatic rings. The average Bonchev–Trinajstić information content (AvgIpc) is 3.82. The van der Waals surface area contributed by atoms with Crippen LogP contribution in [0.3, 0.4) is 0 Å². The number of rotatable bonds is 15. The van der Waals surface area contributed by atoms with Gasteiger partial charge in [0.1, 0.15) is 23.3 Å². The summed E-state index contributed by atoms with van der Waals surface area (Å²) in [5.74, 6) is 0.790. The van der Waals surface area contributed by atoms with Gasteiger partial charge in [-0.15, -0.1) is 0 Å². The van der Waals surface area contributed by atoms with E-state index in [9.17, 15) is 9.59 Å². The van der Waals surface area contributed by atoms with E-state index in [0.29, 0.717) is 52.9 Å². The van der Waals surface area contributed by atoms with Crippen molar-refractivity contribution < 1.29 is 18.4 Å². The van der Waals surface area contributed by atoms with Crippen LogP contribution in [0.5, 0.6) is 0 Å². The molecule has 0 bridgehead atoms. The Kier molecular flexibility index (Phi) is 13.9. The first kappa shape index (κ1) is 45.6. The van der Waals surface area contributed by atoms with Gasteiger partial charge in [-0.25, -0.2) is 23.7 Å². The molecule has 2 N–H and O–H groups in total. The number of amides is 1. The molecule has 5 aromatic rings. The van der Waals surface area contributed by atoms with Gasteiger partial charge in [0.05, 0.1) is 28.8 Å². The number of imidazole rings is 1. The summed E-state index contributed by atoms with van der Waals surface area (Å²) < 4.78 is 36.7. The molecule has 3 saturated heterocycles. The van der Waals surface area contributed by atoms with Crippen LogP contribution in [-0.4, -0.2) is 126 Å². The second kappa shape index (κ2) is 19.8. The summed E-state index contributed by atoms with van der Waals surface area (Å²) >= 11 is 2.04. The van der Waals surface area contributed by atoms with Gasteiger partial charge in [0, 0.05) is 74.5 Å². The number of nitrogens with one attached hydrogen (secondary N) is 2. The molecule has 3 aliphatic heterocycles. The number of benzene rings is 2. The summed E-state index contributed by atoms with van der Waals surface area (Å²) in [6.45, 7) is 13.7. The van der Waals surface area contributed by atoms with Crippen LogP contribution in [-0.2, 0) is 16.6 Å². The third kappa shape index (κ3) is 9.82. The van der Waals surface area contributed by atoms with E-state index in [-0.39, 0.29) is 29.2 Å². The lowest BCUT2D eigenvalue weighted by Crippen LogP contribution is -2.51. The third-order valence-corrected chi connectivity index (χ3v) is 16.1. The molecule has 1 unspecified atom stereocenters. The molecule has 16 heteroatoms. The Morgan fingerprint density at radius 1 is 0.938 bits per heavy atom. The molecule has 9 rings (SSSR count). The molecule has 6 heterocycles. The van der Waals surface area contributed by atoms with Gasteiger partial charge in [0.2, 0.25) is 11.9 Å². The van der Waals surface area contributed by atoms with Crippen molar-refractivity contribution in [2.75, 3.05) is 58.2 Å². The van der Waals surface area contributed by atoms with E-state index in [2.05, 4.69) is 57.9 Å². The largest absolute Gasteiger partial charge is 0.359 e. The quantitative estimate of drug-likeness (QED) is 0.0784. The molecule has 1 aliphatic carbocycles. The van der Waals surface area contributed by atoms with E-state index < -0.39 is 17.6 Å². The number of halogens is 2. The van der Waals surface area contributed by atoms with Crippen molar-refractivity contribution in [2.45, 2.75) is 120 Å². The second-order valence-electron chi connectivity index (χ2n) is 19.3. The Hall–Kier alpha value is -4.51. The maximum absolute atomic E-state index is 15.2. The van der Waals surface area contributed by atoms with Gasteiger partial charge in [-0.1, -0.05) is 24.1 Å². The van der Waals surface area contributed by atoms with E-state index in [1.807, 2.05) is 49.0 Å². The Bertz CT molecular complexity index is 2480. The summed E-state index contributed by atoms with van der Waals surface area (Å²) in [4.78, 5) is 42.5. The fourth-order valence-electron chi connectivity index (χ4n) is 11.1. The van der Waals surface area contributed by atoms with Crippen LogP contribution in [0.2, 0.25) is 0 Å². The highest BCUT2D eigenvalue weighted by Crippen LogP contribution is 2.39. The standard InChI is InChI=1S/C49H65F2N11O2S/c1-30(2)62-31(3)54-47-41(50)25-35(27-44(47)62)45-42(51)28-53-49(56-45)55-36-12-20-61(21-13-36)65-38-14-16-59(17-15-38)29-32-23-37(24-32)60-18-10-33(11-19-60)34-8-9-39-43(26-34)58(5)57-46(39)40(7-6-22-63)48(64)52-4/h8-9,22,25-28,30,32-33,36-38,40H,6-7,10-21,23-24,29H2,1-5H3,(H,52,64)(H,53,55,56). The Balaban J connectivity index is 0.684. The SMILES string of the molecule is CNC(=O)C(CCC=O)c1nn(C)c2cc(C3CCN(C4CC(CN5CCC(SN6CCC(Nc7ncc(F)c(-c8cc(F)c9nc(C)n(C(C)C)c9c8)n7)CC6)CC5)C4)CC3)ccc12. The first-order chi connectivity index (χ1) is 31.5. The van der Waals surface area contributed by atoms with Crippen molar-refractivity contribution in [2.24, 2.45) is 13.0 Å². The summed E-state index contributed by atoms with van der Waals surface area (Å²) in [5, 5.41) is 12.6. The number of aldehydes is 1. The van der Waals surface area contributed by atoms with Crippen molar-refractivity contribution in [1.82, 2.24) is 48.7 Å². The number of piperidine rings is 3. The molecular weight excluding hydrogens is 845 g/mol. The predicted octanol–water partition coefficient (Wildman–Crippen LogP) is 8.00. The number of likely N-dealkylation sites (tertiary alicyclic amines) is 2. The molecule has 0 spiro atoms. The van der Waals surface area contributed by atoms with Crippen molar-refractivity contribution in [3.05, 3.63) is 65.2 Å². The van der Waals surface area contributed by atoms with Crippen LogP contribution >= 0.6 is 11.9 Å². The molecule has 4 fully saturated rings. The highest BCUT2D eigenvalue weighted by atomic mass is 32.2. The smallest absolute Gasteiger partial charge is 0.228 e. The van der Waals surface area contributed by atoms with Gasteiger partial charge in [-0.2, -0.15) is 5.10 Å². The normalized spacial score (nSPS) is 21.6. The summed E-state index contributed by atoms with van der Waals surface area (Å²) in [7, 11) is 3.58. The summed E-state index contributed by atoms with van der Waals surface area (Å²) in [6, 6.07) is 10.7. The number of carbonyl (C=O) groups excluding carboxylic acids is 2. The number of hydrogen-bond acceptors (Lipinski definition) is 11. The van der Waals surface area contributed by atoms with Crippen molar-refractivity contribution in [3.63, 3.8) is 0 Å². The van der Waals surface area contributed by atoms with Crippen LogP contribution in [0.15, 0.2) is 36.5 Å². The fourth-order valence-corrected chi connectivity index (χ4v) is 12.4. The van der Waals surface area contributed by atoms with E-state index in [1.165, 1.54) is 63.1 Å². The minimum Gasteiger partial charge on any atom is -0.359 e. The summed E-state index contributed by atoms with van der Waals surface area (Å²) in [5.41, 5.74) is 4.53. The van der Waals surface area contributed by atoms with E-state index in [0.717, 1.165) is 80.7 Å². The third-order valence-electron chi connectivity index (χ3n) is 14.7. The number of anilines is 1. The number of carbonyl (C=O) groups is 2. The lowest BCUT2D eigenvalue weighted by molar-refractivity contribution is -0.122. The maximum Gasteiger partial charge on any atom is 0.228 e. The minimum absolute atomic E-state index is 0.0768. The Labute approximate surface area is 385 Å². The van der Waals surface area contributed by atoms with E-state index in [4.69, 9.17) is 5.10 Å². The highest BCUT2D eigenvalue weighted by molar-refractivity contribution is 7.97. The fraction of sp³-hybridized carbons (Fsp3) is 0.592. The lowest BCUT2D eigenvalue weighted by atomic mass is 9.77. The van der Waals surface area contributed by atoms with Gasteiger partial charge in [-0.3, -0.25) is 13.8 Å². The number of aromatic nitrogens is 6. The van der Waals surface area contributed by atoms with Gasteiger partial charge in [0.15, 0.2) is 11.6 Å². The first-order valence-electron chi connectivity index (χ1n) is 23.9. The first-order valence-corrected chi connectivity index (χ1v) is 24.8. The minimum atomic E-state index is -0.583. The molecule has 1 amide bonds. The zero-order valence-electron chi connectivity index (χ0n) is 38.6. The van der Waals surface area contributed by atoms with Gasteiger partial charge < -0.3 is 29.8 Å². The Morgan fingerprint density at radius 3 is 2.40 bits per heavy atom. The zero-order chi connectivity index (χ0) is 45.4. The number of aryl methyl sites for hydroxylation is 2.